The summed E-state index contributed by atoms with van der Waals surface area (Å²) in [5.74, 6) is 0.701. The van der Waals surface area contributed by atoms with Crippen LogP contribution in [0.5, 0.6) is 5.75 Å². The molecule has 1 aromatic heterocycles. The Kier molecular flexibility index (Phi) is 2.17. The Morgan fingerprint density at radius 1 is 1.43 bits per heavy atom. The van der Waals surface area contributed by atoms with E-state index in [1.807, 2.05) is 0 Å². The number of rotatable bonds is 2. The zero-order valence-corrected chi connectivity index (χ0v) is 8.26. The maximum absolute atomic E-state index is 11.1. The number of aromatic nitrogens is 1. The monoisotopic (exact) mass is 209 g/mol. The third kappa shape index (κ3) is 1.26. The molecule has 0 radical (unpaired) electrons. The van der Waals surface area contributed by atoms with Gasteiger partial charge in [-0.1, -0.05) is 0 Å². The van der Waals surface area contributed by atoms with Crippen LogP contribution in [0.2, 0.25) is 0 Å². The Bertz CT molecular complexity index is 490. The third-order valence-electron chi connectivity index (χ3n) is 2.12. The molecule has 1 N–H and O–H groups in total. The van der Waals surface area contributed by atoms with E-state index in [1.165, 1.54) is 0 Å². The number of ether oxygens (including phenoxy) is 1. The van der Waals surface area contributed by atoms with Crippen LogP contribution in [0.3, 0.4) is 0 Å². The van der Waals surface area contributed by atoms with Gasteiger partial charge in [-0.2, -0.15) is 0 Å². The van der Waals surface area contributed by atoms with E-state index in [2.05, 4.69) is 4.98 Å². The highest BCUT2D eigenvalue weighted by Gasteiger charge is 2.11. The molecule has 0 aliphatic carbocycles. The van der Waals surface area contributed by atoms with Crippen molar-refractivity contribution in [3.63, 3.8) is 0 Å². The van der Waals surface area contributed by atoms with E-state index in [1.54, 1.807) is 31.5 Å². The van der Waals surface area contributed by atoms with Gasteiger partial charge in [0.1, 0.15) is 5.75 Å². The van der Waals surface area contributed by atoms with Crippen molar-refractivity contribution in [2.75, 3.05) is 7.11 Å². The summed E-state index contributed by atoms with van der Waals surface area (Å²) in [7, 11) is 1.58. The van der Waals surface area contributed by atoms with Crippen molar-refractivity contribution in [2.45, 2.75) is 0 Å². The van der Waals surface area contributed by atoms with Crippen LogP contribution in [0.15, 0.2) is 24.4 Å². The molecule has 1 heterocycles. The first-order valence-electron chi connectivity index (χ1n) is 4.08. The van der Waals surface area contributed by atoms with Gasteiger partial charge in [0.2, 0.25) is 0 Å². The first-order valence-corrected chi connectivity index (χ1v) is 4.45. The summed E-state index contributed by atoms with van der Waals surface area (Å²) >= 11 is 5.44. The SMILES string of the molecule is COc1ccc(C(=O)Cl)c2cc[nH]c12. The van der Waals surface area contributed by atoms with Gasteiger partial charge in [0.05, 0.1) is 12.6 Å². The molecule has 0 aliphatic rings. The molecular formula is C10H8ClNO2. The molecule has 2 rings (SSSR count). The number of carbonyl (C=O) groups is 1. The standard InChI is InChI=1S/C10H8ClNO2/c1-14-8-3-2-7(10(11)13)6-4-5-12-9(6)8/h2-5,12H,1H3. The lowest BCUT2D eigenvalue weighted by Gasteiger charge is -2.03. The zero-order chi connectivity index (χ0) is 10.1. The van der Waals surface area contributed by atoms with Crippen molar-refractivity contribution in [1.82, 2.24) is 4.98 Å². The third-order valence-corrected chi connectivity index (χ3v) is 2.32. The Balaban J connectivity index is 2.78. The lowest BCUT2D eigenvalue weighted by molar-refractivity contribution is 0.108. The van der Waals surface area contributed by atoms with E-state index in [0.29, 0.717) is 11.3 Å². The fourth-order valence-corrected chi connectivity index (χ4v) is 1.64. The van der Waals surface area contributed by atoms with E-state index in [0.717, 1.165) is 10.9 Å². The largest absolute Gasteiger partial charge is 0.495 e. The summed E-state index contributed by atoms with van der Waals surface area (Å²) in [4.78, 5) is 14.1. The van der Waals surface area contributed by atoms with Crippen molar-refractivity contribution in [1.29, 1.82) is 0 Å². The lowest BCUT2D eigenvalue weighted by atomic mass is 10.1. The number of halogens is 1. The molecule has 14 heavy (non-hydrogen) atoms. The minimum Gasteiger partial charge on any atom is -0.495 e. The average Bonchev–Trinajstić information content (AvgIpc) is 2.64. The number of nitrogens with one attached hydrogen (secondary N) is 1. The van der Waals surface area contributed by atoms with Crippen LogP contribution in [-0.2, 0) is 0 Å². The predicted molar refractivity (Wildman–Crippen MR) is 55.0 cm³/mol. The van der Waals surface area contributed by atoms with Gasteiger partial charge in [0.25, 0.3) is 5.24 Å². The second-order valence-electron chi connectivity index (χ2n) is 2.86. The van der Waals surface area contributed by atoms with Gasteiger partial charge in [-0.25, -0.2) is 0 Å². The van der Waals surface area contributed by atoms with Gasteiger partial charge >= 0.3 is 0 Å². The second-order valence-corrected chi connectivity index (χ2v) is 3.20. The number of H-pyrrole nitrogens is 1. The number of carbonyl (C=O) groups excluding carboxylic acids is 1. The number of hydrogen-bond acceptors (Lipinski definition) is 2. The molecule has 4 heteroatoms. The number of hydrogen-bond donors (Lipinski definition) is 1. The Morgan fingerprint density at radius 2 is 2.21 bits per heavy atom. The molecule has 0 amide bonds. The second kappa shape index (κ2) is 3.35. The molecule has 0 spiro atoms. The van der Waals surface area contributed by atoms with Gasteiger partial charge in [0, 0.05) is 17.1 Å². The molecule has 0 saturated carbocycles. The minimum atomic E-state index is -0.461. The van der Waals surface area contributed by atoms with Crippen LogP contribution in [0.25, 0.3) is 10.9 Å². The van der Waals surface area contributed by atoms with Gasteiger partial charge in [0.15, 0.2) is 0 Å². The summed E-state index contributed by atoms with van der Waals surface area (Å²) < 4.78 is 5.13. The van der Waals surface area contributed by atoms with E-state index >= 15 is 0 Å². The van der Waals surface area contributed by atoms with Gasteiger partial charge in [-0.05, 0) is 29.8 Å². The van der Waals surface area contributed by atoms with Crippen molar-refractivity contribution >= 4 is 27.7 Å². The number of benzene rings is 1. The van der Waals surface area contributed by atoms with E-state index in [4.69, 9.17) is 16.3 Å². The topological polar surface area (TPSA) is 42.1 Å². The fourth-order valence-electron chi connectivity index (χ4n) is 1.47. The van der Waals surface area contributed by atoms with Crippen LogP contribution < -0.4 is 4.74 Å². The van der Waals surface area contributed by atoms with E-state index in [9.17, 15) is 4.79 Å². The van der Waals surface area contributed by atoms with Crippen molar-refractivity contribution in [3.8, 4) is 5.75 Å². The molecule has 72 valence electrons. The maximum atomic E-state index is 11.1. The van der Waals surface area contributed by atoms with Crippen LogP contribution >= 0.6 is 11.6 Å². The molecule has 0 unspecified atom stereocenters. The van der Waals surface area contributed by atoms with Crippen LogP contribution in [0.4, 0.5) is 0 Å². The summed E-state index contributed by atoms with van der Waals surface area (Å²) in [5.41, 5.74) is 1.28. The van der Waals surface area contributed by atoms with E-state index < -0.39 is 5.24 Å². The average molecular weight is 210 g/mol. The highest BCUT2D eigenvalue weighted by atomic mass is 35.5. The van der Waals surface area contributed by atoms with Crippen molar-refractivity contribution in [3.05, 3.63) is 30.0 Å². The molecule has 1 aromatic carbocycles. The van der Waals surface area contributed by atoms with Crippen LogP contribution in [0.1, 0.15) is 10.4 Å². The highest BCUT2D eigenvalue weighted by molar-refractivity contribution is 6.68. The van der Waals surface area contributed by atoms with Crippen LogP contribution in [0, 0.1) is 0 Å². The number of fused-ring (bicyclic) bond motifs is 1. The molecule has 0 aliphatic heterocycles. The van der Waals surface area contributed by atoms with Gasteiger partial charge in [-0.3, -0.25) is 4.79 Å². The molecule has 2 aromatic rings. The number of methoxy groups -OCH3 is 1. The molecule has 3 nitrogen and oxygen atoms in total. The van der Waals surface area contributed by atoms with Crippen molar-refractivity contribution in [2.24, 2.45) is 0 Å². The van der Waals surface area contributed by atoms with Crippen molar-refractivity contribution < 1.29 is 9.53 Å². The molecular weight excluding hydrogens is 202 g/mol. The lowest BCUT2D eigenvalue weighted by Crippen LogP contribution is -1.91. The Morgan fingerprint density at radius 3 is 2.86 bits per heavy atom. The molecule has 0 bridgehead atoms. The van der Waals surface area contributed by atoms with Gasteiger partial charge in [-0.15, -0.1) is 0 Å². The smallest absolute Gasteiger partial charge is 0.253 e. The summed E-state index contributed by atoms with van der Waals surface area (Å²) in [6.07, 6.45) is 1.75. The molecule has 0 saturated heterocycles. The molecule has 0 fully saturated rings. The van der Waals surface area contributed by atoms with Crippen LogP contribution in [-0.4, -0.2) is 17.3 Å². The fraction of sp³-hybridized carbons (Fsp3) is 0.100. The summed E-state index contributed by atoms with van der Waals surface area (Å²) in [5, 5.41) is 0.321. The summed E-state index contributed by atoms with van der Waals surface area (Å²) in [6, 6.07) is 5.17. The first kappa shape index (κ1) is 9.09. The minimum absolute atomic E-state index is 0.461. The molecule has 0 atom stereocenters. The van der Waals surface area contributed by atoms with E-state index in [-0.39, 0.29) is 0 Å². The quantitative estimate of drug-likeness (QED) is 0.773. The predicted octanol–water partition coefficient (Wildman–Crippen LogP) is 2.56. The maximum Gasteiger partial charge on any atom is 0.253 e. The Hall–Kier alpha value is -1.48. The Labute approximate surface area is 85.6 Å². The number of aromatic amines is 1. The first-order chi connectivity index (χ1) is 6.74. The zero-order valence-electron chi connectivity index (χ0n) is 7.50. The normalized spacial score (nSPS) is 10.4. The van der Waals surface area contributed by atoms with Gasteiger partial charge < -0.3 is 9.72 Å². The highest BCUT2D eigenvalue weighted by Crippen LogP contribution is 2.27. The summed E-state index contributed by atoms with van der Waals surface area (Å²) in [6.45, 7) is 0.